The van der Waals surface area contributed by atoms with Gasteiger partial charge in [-0.1, -0.05) is 261 Å². The van der Waals surface area contributed by atoms with Crippen molar-refractivity contribution in [1.82, 2.24) is 48.2 Å². The average molecular weight is 1200 g/mol. The summed E-state index contributed by atoms with van der Waals surface area (Å²) in [6, 6.07) is 111. The van der Waals surface area contributed by atoms with E-state index in [0.29, 0.717) is 35.2 Å². The van der Waals surface area contributed by atoms with Crippen molar-refractivity contribution in [2.75, 3.05) is 0 Å². The van der Waals surface area contributed by atoms with E-state index in [-0.39, 0.29) is 0 Å². The molecular weight excluding hydrogens is 1150 g/mol. The van der Waals surface area contributed by atoms with E-state index < -0.39 is 0 Å². The van der Waals surface area contributed by atoms with Crippen LogP contribution in [0.3, 0.4) is 0 Å². The Labute approximate surface area is 538 Å². The Morgan fingerprint density at radius 2 is 0.489 bits per heavy atom. The lowest BCUT2D eigenvalue weighted by atomic mass is 9.96. The summed E-state index contributed by atoms with van der Waals surface area (Å²) in [7, 11) is 0. The second kappa shape index (κ2) is 21.4. The Hall–Kier alpha value is -12.9. The Bertz CT molecular complexity index is 6180. The highest BCUT2D eigenvalue weighted by Gasteiger charge is 2.28. The first kappa shape index (κ1) is 53.0. The molecule has 0 spiro atoms. The minimum atomic E-state index is 0.506. The van der Waals surface area contributed by atoms with Gasteiger partial charge in [-0.05, 0) is 76.9 Å². The molecule has 0 atom stereocenters. The first-order valence-electron chi connectivity index (χ1n) is 31.6. The van der Waals surface area contributed by atoms with E-state index in [1.165, 1.54) is 5.39 Å². The predicted octanol–water partition coefficient (Wildman–Crippen LogP) is 20.4. The van der Waals surface area contributed by atoms with Crippen molar-refractivity contribution >= 4 is 87.2 Å². The first-order chi connectivity index (χ1) is 46.6. The maximum absolute atomic E-state index is 5.55. The molecule has 10 nitrogen and oxygen atoms in total. The van der Waals surface area contributed by atoms with Crippen LogP contribution in [0.1, 0.15) is 0 Å². The summed E-state index contributed by atoms with van der Waals surface area (Å²) < 4.78 is 9.33. The second-order valence-electron chi connectivity index (χ2n) is 23.8. The van der Waals surface area contributed by atoms with E-state index >= 15 is 0 Å². The van der Waals surface area contributed by atoms with Crippen LogP contribution in [0.25, 0.3) is 178 Å². The molecule has 13 aromatic carbocycles. The molecule has 0 aliphatic heterocycles. The first-order valence-corrected chi connectivity index (χ1v) is 31.6. The fraction of sp³-hybridized carbons (Fsp3) is 0. The quantitative estimate of drug-likeness (QED) is 0.135. The highest BCUT2D eigenvalue weighted by molar-refractivity contribution is 6.28. The van der Waals surface area contributed by atoms with Crippen molar-refractivity contribution in [2.24, 2.45) is 0 Å². The van der Waals surface area contributed by atoms with Crippen LogP contribution in [-0.4, -0.2) is 48.2 Å². The molecule has 0 saturated heterocycles. The third kappa shape index (κ3) is 8.36. The van der Waals surface area contributed by atoms with Crippen LogP contribution >= 0.6 is 0 Å². The van der Waals surface area contributed by atoms with Gasteiger partial charge < -0.3 is 9.13 Å². The molecule has 0 N–H and O–H groups in total. The predicted molar refractivity (Wildman–Crippen MR) is 383 cm³/mol. The maximum Gasteiger partial charge on any atom is 0.238 e. The molecule has 10 heteroatoms. The summed E-state index contributed by atoms with van der Waals surface area (Å²) in [6.07, 6.45) is 0. The fourth-order valence-corrected chi connectivity index (χ4v) is 14.3. The van der Waals surface area contributed by atoms with Crippen LogP contribution in [0.15, 0.2) is 315 Å². The van der Waals surface area contributed by atoms with Crippen molar-refractivity contribution in [2.45, 2.75) is 0 Å². The van der Waals surface area contributed by atoms with Gasteiger partial charge in [-0.3, -0.25) is 9.13 Å². The number of hydrogen-bond acceptors (Lipinski definition) is 6. The number of fused-ring (bicyclic) bond motifs is 14. The van der Waals surface area contributed by atoms with Crippen LogP contribution in [0.2, 0.25) is 0 Å². The third-order valence-corrected chi connectivity index (χ3v) is 18.5. The van der Waals surface area contributed by atoms with Gasteiger partial charge >= 0.3 is 0 Å². The lowest BCUT2D eigenvalue weighted by Gasteiger charge is -2.15. The molecule has 0 aliphatic carbocycles. The van der Waals surface area contributed by atoms with Crippen molar-refractivity contribution in [3.63, 3.8) is 0 Å². The summed E-state index contributed by atoms with van der Waals surface area (Å²) in [5.74, 6) is 3.29. The Morgan fingerprint density at radius 1 is 0.191 bits per heavy atom. The lowest BCUT2D eigenvalue weighted by molar-refractivity contribution is 0.953. The highest BCUT2D eigenvalue weighted by Crippen LogP contribution is 2.48. The number of hydrogen-bond donors (Lipinski definition) is 0. The second-order valence-corrected chi connectivity index (χ2v) is 23.8. The smallest absolute Gasteiger partial charge is 0.238 e. The molecule has 438 valence electrons. The van der Waals surface area contributed by atoms with Gasteiger partial charge in [0.25, 0.3) is 0 Å². The molecule has 0 aliphatic rings. The number of nitrogens with zero attached hydrogens (tertiary/aromatic N) is 10. The zero-order valence-electron chi connectivity index (χ0n) is 50.5. The molecule has 6 aromatic heterocycles. The number of rotatable bonds is 10. The van der Waals surface area contributed by atoms with Gasteiger partial charge in [0.05, 0.1) is 44.1 Å². The normalized spacial score (nSPS) is 11.8. The fourth-order valence-electron chi connectivity index (χ4n) is 14.3. The van der Waals surface area contributed by atoms with Crippen molar-refractivity contribution in [3.05, 3.63) is 315 Å². The lowest BCUT2D eigenvalue weighted by Crippen LogP contribution is -2.07. The standard InChI is InChI=1S/C84H52N10/c1-6-24-53(25-7-1)54-42-46-58(47-43-54)81-86-80(57-28-10-3-11-29-57)88-84(90-81)94-73-41-23-19-37-67(73)74-68(52-69-64-36-18-21-39-71(64)92(77(69)78(74)94)61-32-14-5-15-33-61)55-44-48-59(49-45-55)82-85-79(56-26-8-2-9-27-56)87-83(89-82)93-72-40-22-17-35-63(72)66-51-50-65-62-34-16-20-38-70(62)91(75(65)76(66)93)60-30-12-4-13-31-60/h1-52H. The van der Waals surface area contributed by atoms with Crippen LogP contribution in [0.4, 0.5) is 0 Å². The zero-order valence-corrected chi connectivity index (χ0v) is 50.5. The van der Waals surface area contributed by atoms with Crippen LogP contribution < -0.4 is 0 Å². The molecule has 0 amide bonds. The molecule has 0 saturated carbocycles. The van der Waals surface area contributed by atoms with Gasteiger partial charge in [0, 0.05) is 76.7 Å². The Kier molecular flexibility index (Phi) is 12.0. The van der Waals surface area contributed by atoms with Gasteiger partial charge in [0.15, 0.2) is 23.3 Å². The summed E-state index contributed by atoms with van der Waals surface area (Å²) in [5.41, 5.74) is 18.2. The molecule has 19 aromatic rings. The summed E-state index contributed by atoms with van der Waals surface area (Å²) in [4.78, 5) is 32.6. The van der Waals surface area contributed by atoms with Gasteiger partial charge in [0.2, 0.25) is 11.9 Å². The van der Waals surface area contributed by atoms with Gasteiger partial charge in [-0.2, -0.15) is 19.9 Å². The minimum absolute atomic E-state index is 0.506. The summed E-state index contributed by atoms with van der Waals surface area (Å²) in [5, 5.41) is 8.85. The van der Waals surface area contributed by atoms with Crippen molar-refractivity contribution in [1.29, 1.82) is 0 Å². The Morgan fingerprint density at radius 3 is 0.947 bits per heavy atom. The molecule has 19 rings (SSSR count). The highest BCUT2D eigenvalue weighted by atomic mass is 15.2. The molecule has 0 fully saturated rings. The van der Waals surface area contributed by atoms with Gasteiger partial charge in [-0.25, -0.2) is 9.97 Å². The zero-order chi connectivity index (χ0) is 61.8. The van der Waals surface area contributed by atoms with Crippen LogP contribution in [-0.2, 0) is 0 Å². The Balaban J connectivity index is 0.849. The van der Waals surface area contributed by atoms with Gasteiger partial charge in [0.1, 0.15) is 0 Å². The molecule has 0 bridgehead atoms. The molecule has 94 heavy (non-hydrogen) atoms. The van der Waals surface area contributed by atoms with E-state index in [0.717, 1.165) is 138 Å². The number of para-hydroxylation sites is 6. The van der Waals surface area contributed by atoms with E-state index in [1.807, 2.05) is 42.5 Å². The number of benzene rings is 13. The van der Waals surface area contributed by atoms with E-state index in [9.17, 15) is 0 Å². The van der Waals surface area contributed by atoms with Gasteiger partial charge in [-0.15, -0.1) is 0 Å². The van der Waals surface area contributed by atoms with Crippen LogP contribution in [0.5, 0.6) is 0 Å². The van der Waals surface area contributed by atoms with Crippen LogP contribution in [0, 0.1) is 0 Å². The minimum Gasteiger partial charge on any atom is -0.307 e. The molecule has 6 heterocycles. The topological polar surface area (TPSA) is 97.1 Å². The summed E-state index contributed by atoms with van der Waals surface area (Å²) in [6.45, 7) is 0. The monoisotopic (exact) mass is 1200 g/mol. The van der Waals surface area contributed by atoms with Crippen molar-refractivity contribution in [3.8, 4) is 91.1 Å². The average Bonchev–Trinajstić information content (AvgIpc) is 1.54. The molecule has 0 radical (unpaired) electrons. The third-order valence-electron chi connectivity index (χ3n) is 18.5. The number of aromatic nitrogens is 10. The molecular formula is C84H52N10. The summed E-state index contributed by atoms with van der Waals surface area (Å²) >= 11 is 0. The largest absolute Gasteiger partial charge is 0.307 e. The van der Waals surface area contributed by atoms with E-state index in [2.05, 4.69) is 291 Å². The SMILES string of the molecule is c1ccc(-c2ccc(-c3nc(-c4ccccc4)nc(-n4c5ccccc5c5c(-c6ccc(-c7nc(-c8ccccc8)nc(-n8c9ccccc9c9ccc%10c%11ccccc%11n(-c%11ccccc%11)c%10c98)n7)cc6)cc6c7ccccc7n(-c7ccccc7)c6c54)n3)cc2)cc1. The van der Waals surface area contributed by atoms with Crippen molar-refractivity contribution < 1.29 is 0 Å². The maximum atomic E-state index is 5.55. The van der Waals surface area contributed by atoms with E-state index in [1.54, 1.807) is 0 Å². The molecule has 0 unspecified atom stereocenters. The van der Waals surface area contributed by atoms with E-state index in [4.69, 9.17) is 29.9 Å².